The van der Waals surface area contributed by atoms with Crippen molar-refractivity contribution in [3.63, 3.8) is 0 Å². The standard InChI is InChI=1S/C23H32N4O3/c1-4-30-16-22(28)24-21-15-26(12-10-20(21)19-8-6-5-7-9-19)23(29)11-13-27-18(3)14-17(2)25-27/h5-9,14,20-21H,4,10-13,15-16H2,1-3H3,(H,24,28)/t20-,21+/m0/s1. The molecule has 0 radical (unpaired) electrons. The van der Waals surface area contributed by atoms with Crippen molar-refractivity contribution in [2.75, 3.05) is 26.3 Å². The van der Waals surface area contributed by atoms with E-state index in [1.165, 1.54) is 5.56 Å². The minimum atomic E-state index is -0.139. The Morgan fingerprint density at radius 2 is 2.00 bits per heavy atom. The van der Waals surface area contributed by atoms with Gasteiger partial charge in [-0.15, -0.1) is 0 Å². The SMILES string of the molecule is CCOCC(=O)N[C@@H]1CN(C(=O)CCn2nc(C)cc2C)CC[C@H]1c1ccccc1. The van der Waals surface area contributed by atoms with Gasteiger partial charge >= 0.3 is 0 Å². The molecule has 1 aromatic heterocycles. The minimum Gasteiger partial charge on any atom is -0.372 e. The highest BCUT2D eigenvalue weighted by Gasteiger charge is 2.33. The molecule has 0 aliphatic carbocycles. The number of carbonyl (C=O) groups is 2. The van der Waals surface area contributed by atoms with E-state index in [4.69, 9.17) is 4.74 Å². The van der Waals surface area contributed by atoms with Crippen molar-refractivity contribution >= 4 is 11.8 Å². The molecule has 0 saturated carbocycles. The lowest BCUT2D eigenvalue weighted by molar-refractivity contribution is -0.134. The number of aryl methyl sites for hydroxylation is 3. The summed E-state index contributed by atoms with van der Waals surface area (Å²) in [7, 11) is 0. The number of piperidine rings is 1. The van der Waals surface area contributed by atoms with Crippen LogP contribution >= 0.6 is 0 Å². The van der Waals surface area contributed by atoms with Crippen LogP contribution < -0.4 is 5.32 Å². The van der Waals surface area contributed by atoms with Gasteiger partial charge < -0.3 is 15.0 Å². The highest BCUT2D eigenvalue weighted by atomic mass is 16.5. The quantitative estimate of drug-likeness (QED) is 0.723. The number of hydrogen-bond acceptors (Lipinski definition) is 4. The molecule has 2 aromatic rings. The molecule has 7 heteroatoms. The number of nitrogens with one attached hydrogen (secondary N) is 1. The second-order valence-corrected chi connectivity index (χ2v) is 7.86. The average Bonchev–Trinajstić information content (AvgIpc) is 3.08. The van der Waals surface area contributed by atoms with Crippen LogP contribution in [0.25, 0.3) is 0 Å². The number of amides is 2. The molecular weight excluding hydrogens is 380 g/mol. The van der Waals surface area contributed by atoms with Gasteiger partial charge in [-0.1, -0.05) is 30.3 Å². The largest absolute Gasteiger partial charge is 0.372 e. The molecule has 2 atom stereocenters. The van der Waals surface area contributed by atoms with Crippen molar-refractivity contribution in [2.24, 2.45) is 0 Å². The maximum Gasteiger partial charge on any atom is 0.246 e. The Kier molecular flexibility index (Phi) is 7.63. The molecule has 1 aliphatic heterocycles. The van der Waals surface area contributed by atoms with E-state index in [-0.39, 0.29) is 30.4 Å². The van der Waals surface area contributed by atoms with E-state index in [1.54, 1.807) is 0 Å². The Morgan fingerprint density at radius 3 is 2.67 bits per heavy atom. The summed E-state index contributed by atoms with van der Waals surface area (Å²) >= 11 is 0. The summed E-state index contributed by atoms with van der Waals surface area (Å²) in [6.07, 6.45) is 1.22. The van der Waals surface area contributed by atoms with Crippen molar-refractivity contribution in [3.05, 3.63) is 53.3 Å². The smallest absolute Gasteiger partial charge is 0.246 e. The van der Waals surface area contributed by atoms with Gasteiger partial charge in [0.25, 0.3) is 0 Å². The zero-order valence-electron chi connectivity index (χ0n) is 18.1. The van der Waals surface area contributed by atoms with Gasteiger partial charge in [0.05, 0.1) is 11.7 Å². The summed E-state index contributed by atoms with van der Waals surface area (Å²) in [6, 6.07) is 12.1. The maximum atomic E-state index is 12.9. The van der Waals surface area contributed by atoms with E-state index in [0.29, 0.717) is 32.7 Å². The Labute approximate surface area is 178 Å². The van der Waals surface area contributed by atoms with Crippen molar-refractivity contribution in [1.29, 1.82) is 0 Å². The monoisotopic (exact) mass is 412 g/mol. The number of carbonyl (C=O) groups excluding carboxylic acids is 2. The van der Waals surface area contributed by atoms with E-state index >= 15 is 0 Å². The van der Waals surface area contributed by atoms with Gasteiger partial charge in [0.15, 0.2) is 0 Å². The van der Waals surface area contributed by atoms with Crippen molar-refractivity contribution in [2.45, 2.75) is 52.1 Å². The zero-order chi connectivity index (χ0) is 21.5. The molecule has 1 fully saturated rings. The molecule has 2 amide bonds. The van der Waals surface area contributed by atoms with E-state index < -0.39 is 0 Å². The molecular formula is C23H32N4O3. The van der Waals surface area contributed by atoms with Gasteiger partial charge in [0.2, 0.25) is 11.8 Å². The normalized spacial score (nSPS) is 19.0. The number of hydrogen-bond donors (Lipinski definition) is 1. The Balaban J connectivity index is 1.65. The summed E-state index contributed by atoms with van der Waals surface area (Å²) in [5.74, 6) is 0.134. The lowest BCUT2D eigenvalue weighted by Crippen LogP contribution is -2.53. The van der Waals surface area contributed by atoms with Gasteiger partial charge in [-0.2, -0.15) is 5.10 Å². The number of nitrogens with zero attached hydrogens (tertiary/aromatic N) is 3. The number of aromatic nitrogens is 2. The second kappa shape index (κ2) is 10.4. The third-order valence-electron chi connectivity index (χ3n) is 5.62. The molecule has 1 saturated heterocycles. The molecule has 30 heavy (non-hydrogen) atoms. The second-order valence-electron chi connectivity index (χ2n) is 7.86. The fraction of sp³-hybridized carbons (Fsp3) is 0.522. The molecule has 1 N–H and O–H groups in total. The lowest BCUT2D eigenvalue weighted by atomic mass is 9.85. The van der Waals surface area contributed by atoms with Gasteiger partial charge in [0.1, 0.15) is 6.61 Å². The van der Waals surface area contributed by atoms with Crippen LogP contribution in [-0.2, 0) is 20.9 Å². The van der Waals surface area contributed by atoms with E-state index in [0.717, 1.165) is 17.8 Å². The Morgan fingerprint density at radius 1 is 1.23 bits per heavy atom. The first-order valence-corrected chi connectivity index (χ1v) is 10.7. The predicted octanol–water partition coefficient (Wildman–Crippen LogP) is 2.43. The van der Waals surface area contributed by atoms with E-state index in [1.807, 2.05) is 54.6 Å². The first-order valence-electron chi connectivity index (χ1n) is 10.7. The predicted molar refractivity (Wildman–Crippen MR) is 115 cm³/mol. The zero-order valence-corrected chi connectivity index (χ0v) is 18.1. The van der Waals surface area contributed by atoms with Crippen LogP contribution in [0, 0.1) is 13.8 Å². The minimum absolute atomic E-state index is 0.0420. The van der Waals surface area contributed by atoms with Crippen LogP contribution in [0.4, 0.5) is 0 Å². The van der Waals surface area contributed by atoms with Crippen LogP contribution in [-0.4, -0.2) is 58.8 Å². The van der Waals surface area contributed by atoms with Gasteiger partial charge in [-0.3, -0.25) is 14.3 Å². The van der Waals surface area contributed by atoms with Crippen LogP contribution in [0.1, 0.15) is 42.6 Å². The maximum absolute atomic E-state index is 12.9. The Bertz CT molecular complexity index is 849. The average molecular weight is 413 g/mol. The van der Waals surface area contributed by atoms with Gasteiger partial charge in [0, 0.05) is 44.3 Å². The Hall–Kier alpha value is -2.67. The van der Waals surface area contributed by atoms with E-state index in [9.17, 15) is 9.59 Å². The molecule has 1 aromatic carbocycles. The molecule has 0 spiro atoms. The molecule has 3 rings (SSSR count). The first kappa shape index (κ1) is 22.0. The van der Waals surface area contributed by atoms with Crippen LogP contribution in [0.2, 0.25) is 0 Å². The van der Waals surface area contributed by atoms with E-state index in [2.05, 4.69) is 22.5 Å². The van der Waals surface area contributed by atoms with Crippen molar-refractivity contribution in [1.82, 2.24) is 20.0 Å². The third-order valence-corrected chi connectivity index (χ3v) is 5.62. The molecule has 0 unspecified atom stereocenters. The number of benzene rings is 1. The molecule has 2 heterocycles. The fourth-order valence-electron chi connectivity index (χ4n) is 4.13. The summed E-state index contributed by atoms with van der Waals surface area (Å²) in [5.41, 5.74) is 3.21. The van der Waals surface area contributed by atoms with Crippen molar-refractivity contribution in [3.8, 4) is 0 Å². The summed E-state index contributed by atoms with van der Waals surface area (Å²) in [4.78, 5) is 27.1. The van der Waals surface area contributed by atoms with Crippen molar-refractivity contribution < 1.29 is 14.3 Å². The third kappa shape index (κ3) is 5.69. The van der Waals surface area contributed by atoms with Crippen LogP contribution in [0.15, 0.2) is 36.4 Å². The molecule has 1 aliphatic rings. The summed E-state index contributed by atoms with van der Waals surface area (Å²) < 4.78 is 7.13. The molecule has 7 nitrogen and oxygen atoms in total. The van der Waals surface area contributed by atoms with Crippen LogP contribution in [0.5, 0.6) is 0 Å². The first-order chi connectivity index (χ1) is 14.5. The summed E-state index contributed by atoms with van der Waals surface area (Å²) in [6.45, 7) is 8.12. The number of likely N-dealkylation sites (tertiary alicyclic amines) is 1. The summed E-state index contributed by atoms with van der Waals surface area (Å²) in [5, 5.41) is 7.53. The fourth-order valence-corrected chi connectivity index (χ4v) is 4.13. The molecule has 0 bridgehead atoms. The highest BCUT2D eigenvalue weighted by molar-refractivity contribution is 5.78. The van der Waals surface area contributed by atoms with Crippen LogP contribution in [0.3, 0.4) is 0 Å². The number of ether oxygens (including phenoxy) is 1. The van der Waals surface area contributed by atoms with Gasteiger partial charge in [-0.05, 0) is 38.8 Å². The van der Waals surface area contributed by atoms with Gasteiger partial charge in [-0.25, -0.2) is 0 Å². The highest BCUT2D eigenvalue weighted by Crippen LogP contribution is 2.28. The lowest BCUT2D eigenvalue weighted by Gasteiger charge is -2.39. The topological polar surface area (TPSA) is 76.5 Å². The molecule has 162 valence electrons. The number of rotatable bonds is 8.